The minimum Gasteiger partial charge on any atom is -0.493 e. The van der Waals surface area contributed by atoms with E-state index < -0.39 is 0 Å². The summed E-state index contributed by atoms with van der Waals surface area (Å²) in [5.41, 5.74) is 2.84. The van der Waals surface area contributed by atoms with Crippen molar-refractivity contribution in [2.24, 2.45) is 5.16 Å². The summed E-state index contributed by atoms with van der Waals surface area (Å²) in [5, 5.41) is 14.9. The molecule has 1 aromatic rings. The first kappa shape index (κ1) is 13.4. The number of aryl methyl sites for hydroxylation is 1. The number of hydrogen-bond donors (Lipinski definition) is 2. The van der Waals surface area contributed by atoms with E-state index >= 15 is 0 Å². The molecule has 0 unspecified atom stereocenters. The Morgan fingerprint density at radius 3 is 3.05 bits per heavy atom. The van der Waals surface area contributed by atoms with Crippen LogP contribution in [-0.4, -0.2) is 30.5 Å². The van der Waals surface area contributed by atoms with Gasteiger partial charge in [0.05, 0.1) is 18.7 Å². The first-order valence-electron chi connectivity index (χ1n) is 6.42. The minimum atomic E-state index is -0.0458. The molecule has 0 aliphatic heterocycles. The van der Waals surface area contributed by atoms with Crippen LogP contribution >= 0.6 is 0 Å². The molecule has 1 aromatic carbocycles. The van der Waals surface area contributed by atoms with E-state index in [-0.39, 0.29) is 5.91 Å². The number of oxime groups is 1. The van der Waals surface area contributed by atoms with E-state index in [1.165, 1.54) is 5.56 Å². The van der Waals surface area contributed by atoms with Crippen molar-refractivity contribution >= 4 is 11.6 Å². The van der Waals surface area contributed by atoms with Gasteiger partial charge in [0.25, 0.3) is 0 Å². The highest BCUT2D eigenvalue weighted by molar-refractivity contribution is 6.02. The van der Waals surface area contributed by atoms with Gasteiger partial charge in [-0.25, -0.2) is 0 Å². The van der Waals surface area contributed by atoms with Crippen LogP contribution < -0.4 is 10.1 Å². The fourth-order valence-corrected chi connectivity index (χ4v) is 2.20. The molecule has 1 aliphatic carbocycles. The van der Waals surface area contributed by atoms with Crippen LogP contribution in [0.25, 0.3) is 0 Å². The summed E-state index contributed by atoms with van der Waals surface area (Å²) >= 11 is 0. The van der Waals surface area contributed by atoms with Gasteiger partial charge < -0.3 is 15.3 Å². The monoisotopic (exact) mass is 262 g/mol. The van der Waals surface area contributed by atoms with Gasteiger partial charge in [0.2, 0.25) is 5.91 Å². The van der Waals surface area contributed by atoms with Crippen molar-refractivity contribution in [3.63, 3.8) is 0 Å². The summed E-state index contributed by atoms with van der Waals surface area (Å²) in [6.07, 6.45) is 3.11. The number of benzene rings is 1. The number of hydrogen-bond acceptors (Lipinski definition) is 4. The number of carbonyl (C=O) groups is 1. The van der Waals surface area contributed by atoms with Crippen LogP contribution in [0.3, 0.4) is 0 Å². The largest absolute Gasteiger partial charge is 0.493 e. The van der Waals surface area contributed by atoms with Crippen molar-refractivity contribution < 1.29 is 14.7 Å². The fourth-order valence-electron chi connectivity index (χ4n) is 2.20. The van der Waals surface area contributed by atoms with Gasteiger partial charge in [-0.15, -0.1) is 0 Å². The molecule has 0 radical (unpaired) electrons. The first-order valence-corrected chi connectivity index (χ1v) is 6.42. The third-order valence-corrected chi connectivity index (χ3v) is 3.25. The molecule has 5 nitrogen and oxygen atoms in total. The quantitative estimate of drug-likeness (QED) is 0.641. The zero-order valence-electron chi connectivity index (χ0n) is 11.0. The van der Waals surface area contributed by atoms with E-state index in [4.69, 9.17) is 9.94 Å². The van der Waals surface area contributed by atoms with Crippen molar-refractivity contribution in [1.82, 2.24) is 5.32 Å². The maximum atomic E-state index is 11.1. The highest BCUT2D eigenvalue weighted by atomic mass is 16.5. The van der Waals surface area contributed by atoms with Crippen LogP contribution in [0, 0.1) is 0 Å². The minimum absolute atomic E-state index is 0.0458. The molecule has 0 saturated heterocycles. The number of nitrogens with one attached hydrogen (secondary N) is 1. The molecule has 0 aromatic heterocycles. The van der Waals surface area contributed by atoms with Gasteiger partial charge in [-0.3, -0.25) is 4.79 Å². The SMILES string of the molecule is CNC(=O)CCOc1ccc2c(c1)/C(=N\O)CCC2. The Labute approximate surface area is 112 Å². The molecule has 0 fully saturated rings. The molecule has 0 bridgehead atoms. The van der Waals surface area contributed by atoms with Crippen molar-refractivity contribution in [2.75, 3.05) is 13.7 Å². The van der Waals surface area contributed by atoms with Crippen LogP contribution in [-0.2, 0) is 11.2 Å². The van der Waals surface area contributed by atoms with Gasteiger partial charge in [-0.1, -0.05) is 11.2 Å². The highest BCUT2D eigenvalue weighted by Gasteiger charge is 2.16. The Bertz CT molecular complexity index is 497. The summed E-state index contributed by atoms with van der Waals surface area (Å²) < 4.78 is 5.54. The second-order valence-corrected chi connectivity index (χ2v) is 4.49. The smallest absolute Gasteiger partial charge is 0.223 e. The summed E-state index contributed by atoms with van der Waals surface area (Å²) in [5.74, 6) is 0.654. The molecule has 1 aliphatic rings. The van der Waals surface area contributed by atoms with Crippen molar-refractivity contribution in [3.8, 4) is 5.75 Å². The van der Waals surface area contributed by atoms with Crippen molar-refractivity contribution in [3.05, 3.63) is 29.3 Å². The van der Waals surface area contributed by atoms with Crippen LogP contribution in [0.2, 0.25) is 0 Å². The molecule has 0 spiro atoms. The van der Waals surface area contributed by atoms with Gasteiger partial charge in [0, 0.05) is 12.6 Å². The Kier molecular flexibility index (Phi) is 4.39. The molecular formula is C14H18N2O3. The first-order chi connectivity index (χ1) is 9.24. The Morgan fingerprint density at radius 2 is 2.32 bits per heavy atom. The van der Waals surface area contributed by atoms with Gasteiger partial charge in [0.15, 0.2) is 0 Å². The Hall–Kier alpha value is -2.04. The van der Waals surface area contributed by atoms with E-state index in [2.05, 4.69) is 10.5 Å². The number of carbonyl (C=O) groups excluding carboxylic acids is 1. The normalized spacial score (nSPS) is 15.9. The predicted octanol–water partition coefficient (Wildman–Crippen LogP) is 1.72. The van der Waals surface area contributed by atoms with Crippen LogP contribution in [0.1, 0.15) is 30.4 Å². The topological polar surface area (TPSA) is 70.9 Å². The van der Waals surface area contributed by atoms with Crippen LogP contribution in [0.15, 0.2) is 23.4 Å². The Balaban J connectivity index is 2.05. The van der Waals surface area contributed by atoms with Gasteiger partial charge in [-0.2, -0.15) is 0 Å². The van der Waals surface area contributed by atoms with Crippen LogP contribution in [0.5, 0.6) is 5.75 Å². The molecule has 102 valence electrons. The van der Waals surface area contributed by atoms with Crippen molar-refractivity contribution in [2.45, 2.75) is 25.7 Å². The number of amides is 1. The lowest BCUT2D eigenvalue weighted by Gasteiger charge is -2.17. The molecule has 2 N–H and O–H groups in total. The fraction of sp³-hybridized carbons (Fsp3) is 0.429. The summed E-state index contributed by atoms with van der Waals surface area (Å²) in [4.78, 5) is 11.1. The lowest BCUT2D eigenvalue weighted by molar-refractivity contribution is -0.121. The maximum Gasteiger partial charge on any atom is 0.223 e. The lowest BCUT2D eigenvalue weighted by Crippen LogP contribution is -2.20. The summed E-state index contributed by atoms with van der Waals surface area (Å²) in [7, 11) is 1.60. The number of rotatable bonds is 4. The Morgan fingerprint density at radius 1 is 1.47 bits per heavy atom. The predicted molar refractivity (Wildman–Crippen MR) is 71.9 cm³/mol. The number of ether oxygens (including phenoxy) is 1. The van der Waals surface area contributed by atoms with E-state index in [1.54, 1.807) is 7.05 Å². The average Bonchev–Trinajstić information content (AvgIpc) is 2.46. The molecule has 1 amide bonds. The lowest BCUT2D eigenvalue weighted by atomic mass is 9.90. The second kappa shape index (κ2) is 6.22. The molecule has 5 heteroatoms. The van der Waals surface area contributed by atoms with Gasteiger partial charge in [-0.05, 0) is 37.0 Å². The van der Waals surface area contributed by atoms with Crippen molar-refractivity contribution in [1.29, 1.82) is 0 Å². The average molecular weight is 262 g/mol. The zero-order valence-corrected chi connectivity index (χ0v) is 11.0. The van der Waals surface area contributed by atoms with E-state index in [0.717, 1.165) is 24.8 Å². The molecule has 2 rings (SSSR count). The van der Waals surface area contributed by atoms with Gasteiger partial charge in [0.1, 0.15) is 5.75 Å². The maximum absolute atomic E-state index is 11.1. The van der Waals surface area contributed by atoms with E-state index in [0.29, 0.717) is 24.5 Å². The van der Waals surface area contributed by atoms with Crippen LogP contribution in [0.4, 0.5) is 0 Å². The summed E-state index contributed by atoms with van der Waals surface area (Å²) in [6.45, 7) is 0.337. The molecule has 0 heterocycles. The van der Waals surface area contributed by atoms with Gasteiger partial charge >= 0.3 is 0 Å². The third kappa shape index (κ3) is 3.24. The highest BCUT2D eigenvalue weighted by Crippen LogP contribution is 2.26. The summed E-state index contributed by atoms with van der Waals surface area (Å²) in [6, 6.07) is 5.77. The number of fused-ring (bicyclic) bond motifs is 1. The molecular weight excluding hydrogens is 244 g/mol. The van der Waals surface area contributed by atoms with E-state index in [9.17, 15) is 4.79 Å². The standard InChI is InChI=1S/C14H18N2O3/c1-15-14(17)7-8-19-11-6-5-10-3-2-4-13(16-18)12(10)9-11/h5-6,9,18H,2-4,7-8H2,1H3,(H,15,17)/b16-13-. The second-order valence-electron chi connectivity index (χ2n) is 4.49. The molecule has 0 atom stereocenters. The van der Waals surface area contributed by atoms with E-state index in [1.807, 2.05) is 18.2 Å². The molecule has 19 heavy (non-hydrogen) atoms. The zero-order chi connectivity index (χ0) is 13.7. The molecule has 0 saturated carbocycles. The third-order valence-electron chi connectivity index (χ3n) is 3.25. The number of nitrogens with zero attached hydrogens (tertiary/aromatic N) is 1.